The first-order valence-corrected chi connectivity index (χ1v) is 9.08. The maximum Gasteiger partial charge on any atom is 0.328 e. The molecule has 1 aromatic rings. The molecule has 1 fully saturated rings. The number of hydrogen-bond donors (Lipinski definition) is 2. The van der Waals surface area contributed by atoms with Crippen molar-refractivity contribution in [1.29, 1.82) is 0 Å². The summed E-state index contributed by atoms with van der Waals surface area (Å²) in [4.78, 5) is 28.7. The van der Waals surface area contributed by atoms with E-state index in [4.69, 9.17) is 4.74 Å². The van der Waals surface area contributed by atoms with Crippen LogP contribution in [-0.4, -0.2) is 63.3 Å². The molecule has 0 saturated carbocycles. The van der Waals surface area contributed by atoms with Gasteiger partial charge in [0.15, 0.2) is 0 Å². The second kappa shape index (κ2) is 9.43. The summed E-state index contributed by atoms with van der Waals surface area (Å²) in [6.45, 7) is 8.08. The molecule has 1 atom stereocenters. The summed E-state index contributed by atoms with van der Waals surface area (Å²) in [6, 6.07) is 6.71. The van der Waals surface area contributed by atoms with Crippen molar-refractivity contribution >= 4 is 23.4 Å². The minimum absolute atomic E-state index is 0.266. The Kier molecular flexibility index (Phi) is 7.26. The van der Waals surface area contributed by atoms with Crippen molar-refractivity contribution in [3.05, 3.63) is 24.3 Å². The minimum Gasteiger partial charge on any atom is -0.467 e. The highest BCUT2D eigenvalue weighted by molar-refractivity contribution is 5.92. The number of likely N-dealkylation sites (N-methyl/N-ethyl adjacent to an activating group) is 1. The number of anilines is 2. The zero-order chi connectivity index (χ0) is 19.1. The van der Waals surface area contributed by atoms with Gasteiger partial charge in [-0.1, -0.05) is 13.8 Å². The fraction of sp³-hybridized carbons (Fsp3) is 0.579. The lowest BCUT2D eigenvalue weighted by molar-refractivity contribution is -0.143. The van der Waals surface area contributed by atoms with Crippen LogP contribution >= 0.6 is 0 Å². The lowest BCUT2D eigenvalue weighted by Crippen LogP contribution is -2.44. The van der Waals surface area contributed by atoms with E-state index in [-0.39, 0.29) is 5.92 Å². The van der Waals surface area contributed by atoms with E-state index in [1.165, 1.54) is 7.11 Å². The minimum atomic E-state index is -0.649. The van der Waals surface area contributed by atoms with Crippen LogP contribution in [0.2, 0.25) is 0 Å². The van der Waals surface area contributed by atoms with Crippen LogP contribution in [-0.2, 0) is 9.53 Å². The molecule has 0 spiro atoms. The van der Waals surface area contributed by atoms with Crippen LogP contribution in [0.5, 0.6) is 0 Å². The Morgan fingerprint density at radius 3 is 2.27 bits per heavy atom. The van der Waals surface area contributed by atoms with Gasteiger partial charge in [-0.15, -0.1) is 0 Å². The predicted molar refractivity (Wildman–Crippen MR) is 104 cm³/mol. The second-order valence-electron chi connectivity index (χ2n) is 7.14. The lowest BCUT2D eigenvalue weighted by atomic mass is 10.0. The zero-order valence-electron chi connectivity index (χ0n) is 16.1. The van der Waals surface area contributed by atoms with Crippen LogP contribution in [0, 0.1) is 5.92 Å². The number of urea groups is 1. The fourth-order valence-corrected chi connectivity index (χ4v) is 2.97. The third kappa shape index (κ3) is 5.91. The Hall–Kier alpha value is -2.28. The maximum atomic E-state index is 12.2. The molecular formula is C19H30N4O3. The summed E-state index contributed by atoms with van der Waals surface area (Å²) >= 11 is 0. The van der Waals surface area contributed by atoms with E-state index in [0.29, 0.717) is 12.1 Å². The number of carbonyl (C=O) groups excluding carboxylic acids is 2. The van der Waals surface area contributed by atoms with Crippen molar-refractivity contribution in [2.75, 3.05) is 50.6 Å². The molecule has 0 bridgehead atoms. The monoisotopic (exact) mass is 362 g/mol. The van der Waals surface area contributed by atoms with Gasteiger partial charge in [-0.3, -0.25) is 0 Å². The molecule has 144 valence electrons. The van der Waals surface area contributed by atoms with E-state index in [0.717, 1.165) is 31.9 Å². The third-order valence-electron chi connectivity index (χ3n) is 4.49. The summed E-state index contributed by atoms with van der Waals surface area (Å²) in [5.74, 6) is -0.165. The Bertz CT molecular complexity index is 595. The van der Waals surface area contributed by atoms with Crippen LogP contribution < -0.4 is 15.5 Å². The molecule has 1 unspecified atom stereocenters. The molecular weight excluding hydrogens is 332 g/mol. The molecule has 7 heteroatoms. The molecule has 0 radical (unpaired) electrons. The number of piperazine rings is 1. The Morgan fingerprint density at radius 2 is 1.73 bits per heavy atom. The average molecular weight is 362 g/mol. The van der Waals surface area contributed by atoms with Crippen LogP contribution in [0.3, 0.4) is 0 Å². The van der Waals surface area contributed by atoms with Crippen molar-refractivity contribution in [3.8, 4) is 0 Å². The molecule has 1 aliphatic heterocycles. The van der Waals surface area contributed by atoms with Crippen molar-refractivity contribution < 1.29 is 14.3 Å². The van der Waals surface area contributed by atoms with Crippen molar-refractivity contribution in [2.45, 2.75) is 26.3 Å². The number of nitrogens with one attached hydrogen (secondary N) is 2. The van der Waals surface area contributed by atoms with E-state index >= 15 is 0 Å². The zero-order valence-corrected chi connectivity index (χ0v) is 16.1. The molecule has 7 nitrogen and oxygen atoms in total. The van der Waals surface area contributed by atoms with Gasteiger partial charge in [0.2, 0.25) is 0 Å². The van der Waals surface area contributed by atoms with Gasteiger partial charge < -0.3 is 25.2 Å². The molecule has 1 aliphatic rings. The Morgan fingerprint density at radius 1 is 1.12 bits per heavy atom. The maximum absolute atomic E-state index is 12.2. The third-order valence-corrected chi connectivity index (χ3v) is 4.49. The SMILES string of the molecule is COC(=O)C(CC(C)C)NC(=O)Nc1ccc(N2CCN(C)CC2)cc1. The summed E-state index contributed by atoms with van der Waals surface area (Å²) in [5, 5.41) is 5.47. The average Bonchev–Trinajstić information content (AvgIpc) is 2.61. The smallest absolute Gasteiger partial charge is 0.328 e. The van der Waals surface area contributed by atoms with E-state index in [1.807, 2.05) is 38.1 Å². The number of amides is 2. The number of carbonyl (C=O) groups is 2. The quantitative estimate of drug-likeness (QED) is 0.759. The van der Waals surface area contributed by atoms with Gasteiger partial charge in [0.1, 0.15) is 6.04 Å². The van der Waals surface area contributed by atoms with Crippen molar-refractivity contribution in [3.63, 3.8) is 0 Å². The molecule has 1 aromatic carbocycles. The number of rotatable bonds is 6. The molecule has 2 N–H and O–H groups in total. The molecule has 2 amide bonds. The molecule has 0 aromatic heterocycles. The summed E-state index contributed by atoms with van der Waals surface area (Å²) in [6.07, 6.45) is 0.530. The number of hydrogen-bond acceptors (Lipinski definition) is 5. The molecule has 1 saturated heterocycles. The van der Waals surface area contributed by atoms with Gasteiger partial charge in [0.25, 0.3) is 0 Å². The highest BCUT2D eigenvalue weighted by Gasteiger charge is 2.22. The summed E-state index contributed by atoms with van der Waals surface area (Å²) < 4.78 is 4.76. The number of ether oxygens (including phenoxy) is 1. The van der Waals surface area contributed by atoms with Gasteiger partial charge in [0, 0.05) is 37.6 Å². The Balaban J connectivity index is 1.90. The van der Waals surface area contributed by atoms with Crippen LogP contribution in [0.25, 0.3) is 0 Å². The van der Waals surface area contributed by atoms with Crippen molar-refractivity contribution in [1.82, 2.24) is 10.2 Å². The molecule has 0 aliphatic carbocycles. The fourth-order valence-electron chi connectivity index (χ4n) is 2.97. The highest BCUT2D eigenvalue weighted by Crippen LogP contribution is 2.19. The first-order valence-electron chi connectivity index (χ1n) is 9.08. The summed E-state index contributed by atoms with van der Waals surface area (Å²) in [7, 11) is 3.45. The van der Waals surface area contributed by atoms with E-state index < -0.39 is 18.0 Å². The van der Waals surface area contributed by atoms with Crippen molar-refractivity contribution in [2.24, 2.45) is 5.92 Å². The molecule has 2 rings (SSSR count). The van der Waals surface area contributed by atoms with Crippen LogP contribution in [0.1, 0.15) is 20.3 Å². The van der Waals surface area contributed by atoms with Gasteiger partial charge in [-0.25, -0.2) is 9.59 Å². The van der Waals surface area contributed by atoms with Gasteiger partial charge in [-0.05, 0) is 43.7 Å². The number of benzene rings is 1. The largest absolute Gasteiger partial charge is 0.467 e. The van der Waals surface area contributed by atoms with Gasteiger partial charge >= 0.3 is 12.0 Å². The Labute approximate surface area is 155 Å². The van der Waals surface area contributed by atoms with Crippen LogP contribution in [0.4, 0.5) is 16.2 Å². The van der Waals surface area contributed by atoms with E-state index in [2.05, 4.69) is 27.5 Å². The molecule has 26 heavy (non-hydrogen) atoms. The predicted octanol–water partition coefficient (Wildman–Crippen LogP) is 2.15. The normalized spacial score (nSPS) is 16.3. The van der Waals surface area contributed by atoms with E-state index in [1.54, 1.807) is 0 Å². The molecule has 1 heterocycles. The highest BCUT2D eigenvalue weighted by atomic mass is 16.5. The summed E-state index contributed by atoms with van der Waals surface area (Å²) in [5.41, 5.74) is 1.84. The van der Waals surface area contributed by atoms with Gasteiger partial charge in [-0.2, -0.15) is 0 Å². The lowest BCUT2D eigenvalue weighted by Gasteiger charge is -2.34. The number of esters is 1. The standard InChI is InChI=1S/C19H30N4O3/c1-14(2)13-17(18(24)26-4)21-19(25)20-15-5-7-16(8-6-15)23-11-9-22(3)10-12-23/h5-8,14,17H,9-13H2,1-4H3,(H2,20,21,25). The first kappa shape index (κ1) is 20.0. The van der Waals surface area contributed by atoms with Gasteiger partial charge in [0.05, 0.1) is 7.11 Å². The van der Waals surface area contributed by atoms with Crippen LogP contribution in [0.15, 0.2) is 24.3 Å². The number of nitrogens with zero attached hydrogens (tertiary/aromatic N) is 2. The second-order valence-corrected chi connectivity index (χ2v) is 7.14. The van der Waals surface area contributed by atoms with E-state index in [9.17, 15) is 9.59 Å². The first-order chi connectivity index (χ1) is 12.4. The number of methoxy groups -OCH3 is 1. The topological polar surface area (TPSA) is 73.9 Å².